The predicted molar refractivity (Wildman–Crippen MR) is 86.7 cm³/mol. The fraction of sp³-hybridized carbons (Fsp3) is 0.647. The Hall–Kier alpha value is -0.670. The summed E-state index contributed by atoms with van der Waals surface area (Å²) in [7, 11) is -0.826. The first-order chi connectivity index (χ1) is 9.74. The van der Waals surface area contributed by atoms with Crippen LogP contribution in [0.4, 0.5) is 0 Å². The number of hydrogen-bond donors (Lipinski definition) is 1. The van der Waals surface area contributed by atoms with Crippen molar-refractivity contribution in [3.8, 4) is 0 Å². The normalized spacial score (nSPS) is 16.9. The molecule has 0 aromatic heterocycles. The molecule has 3 heteroatoms. The summed E-state index contributed by atoms with van der Waals surface area (Å²) in [6, 6.07) is 7.02. The lowest BCUT2D eigenvalue weighted by atomic mass is 10.1. The van der Waals surface area contributed by atoms with Gasteiger partial charge in [-0.2, -0.15) is 0 Å². The number of rotatable bonds is 8. The quantitative estimate of drug-likeness (QED) is 0.795. The van der Waals surface area contributed by atoms with Gasteiger partial charge < -0.3 is 5.32 Å². The third kappa shape index (κ3) is 4.16. The van der Waals surface area contributed by atoms with E-state index in [9.17, 15) is 4.21 Å². The molecule has 112 valence electrons. The van der Waals surface area contributed by atoms with Gasteiger partial charge in [-0.3, -0.25) is 4.21 Å². The van der Waals surface area contributed by atoms with Gasteiger partial charge in [-0.1, -0.05) is 19.9 Å². The second-order valence-corrected chi connectivity index (χ2v) is 7.21. The Kier molecular flexibility index (Phi) is 6.24. The number of nitrogens with one attached hydrogen (secondary N) is 1. The van der Waals surface area contributed by atoms with Crippen molar-refractivity contribution in [1.82, 2.24) is 5.32 Å². The van der Waals surface area contributed by atoms with Crippen LogP contribution >= 0.6 is 0 Å². The summed E-state index contributed by atoms with van der Waals surface area (Å²) in [4.78, 5) is 1.03. The van der Waals surface area contributed by atoms with Crippen LogP contribution in [0.3, 0.4) is 0 Å². The topological polar surface area (TPSA) is 29.1 Å². The van der Waals surface area contributed by atoms with Crippen molar-refractivity contribution in [2.24, 2.45) is 0 Å². The van der Waals surface area contributed by atoms with E-state index in [1.54, 1.807) is 0 Å². The summed E-state index contributed by atoms with van der Waals surface area (Å²) in [5, 5.41) is 3.48. The Bertz CT molecular complexity index is 458. The molecule has 1 N–H and O–H groups in total. The van der Waals surface area contributed by atoms with Crippen LogP contribution in [0, 0.1) is 0 Å². The minimum absolute atomic E-state index is 0.581. The number of fused-ring (bicyclic) bond motifs is 1. The van der Waals surface area contributed by atoms with Crippen molar-refractivity contribution in [3.05, 3.63) is 29.3 Å². The van der Waals surface area contributed by atoms with Gasteiger partial charge in [-0.15, -0.1) is 0 Å². The summed E-state index contributed by atoms with van der Waals surface area (Å²) >= 11 is 0. The largest absolute Gasteiger partial charge is 0.314 e. The summed E-state index contributed by atoms with van der Waals surface area (Å²) < 4.78 is 12.4. The molecule has 1 aromatic rings. The maximum atomic E-state index is 12.4. The molecule has 0 radical (unpaired) electrons. The van der Waals surface area contributed by atoms with E-state index in [-0.39, 0.29) is 0 Å². The molecule has 0 saturated heterocycles. The fourth-order valence-electron chi connectivity index (χ4n) is 3.01. The van der Waals surface area contributed by atoms with Crippen LogP contribution in [0.15, 0.2) is 23.1 Å². The molecule has 1 aromatic carbocycles. The first-order valence-electron chi connectivity index (χ1n) is 7.98. The van der Waals surface area contributed by atoms with Gasteiger partial charge in [-0.05, 0) is 68.3 Å². The lowest BCUT2D eigenvalue weighted by Gasteiger charge is -2.15. The monoisotopic (exact) mass is 293 g/mol. The Morgan fingerprint density at radius 3 is 2.80 bits per heavy atom. The molecule has 20 heavy (non-hydrogen) atoms. The van der Waals surface area contributed by atoms with Crippen LogP contribution in [0.25, 0.3) is 0 Å². The number of aryl methyl sites for hydroxylation is 2. The molecule has 0 spiro atoms. The van der Waals surface area contributed by atoms with E-state index in [0.717, 1.165) is 36.5 Å². The lowest BCUT2D eigenvalue weighted by Crippen LogP contribution is -2.28. The maximum Gasteiger partial charge on any atom is 0.0529 e. The van der Waals surface area contributed by atoms with Crippen molar-refractivity contribution < 1.29 is 4.21 Å². The third-order valence-electron chi connectivity index (χ3n) is 4.20. The molecule has 0 fully saturated rings. The Morgan fingerprint density at radius 2 is 2.05 bits per heavy atom. The third-order valence-corrected chi connectivity index (χ3v) is 5.64. The van der Waals surface area contributed by atoms with E-state index in [0.29, 0.717) is 6.04 Å². The van der Waals surface area contributed by atoms with Crippen LogP contribution in [-0.2, 0) is 23.6 Å². The molecular formula is C17H27NOS. The molecule has 0 amide bonds. The molecular weight excluding hydrogens is 266 g/mol. The van der Waals surface area contributed by atoms with Crippen molar-refractivity contribution in [2.45, 2.75) is 63.3 Å². The summed E-state index contributed by atoms with van der Waals surface area (Å²) in [6.45, 7) is 5.38. The smallest absolute Gasteiger partial charge is 0.0529 e. The van der Waals surface area contributed by atoms with Crippen LogP contribution < -0.4 is 5.32 Å². The Labute approximate surface area is 125 Å². The minimum Gasteiger partial charge on any atom is -0.314 e. The van der Waals surface area contributed by atoms with E-state index in [1.165, 1.54) is 30.4 Å². The van der Waals surface area contributed by atoms with Gasteiger partial charge in [0.15, 0.2) is 0 Å². The predicted octanol–water partition coefficient (Wildman–Crippen LogP) is 3.45. The zero-order valence-electron chi connectivity index (χ0n) is 12.8. The van der Waals surface area contributed by atoms with Crippen LogP contribution in [0.2, 0.25) is 0 Å². The van der Waals surface area contributed by atoms with Crippen LogP contribution in [0.1, 0.15) is 50.7 Å². The van der Waals surface area contributed by atoms with Crippen molar-refractivity contribution in [3.63, 3.8) is 0 Å². The molecule has 2 rings (SSSR count). The standard InChI is InChI=1S/C17H27NOS/c1-3-16(18-4-2)9-6-12-20(19)17-11-10-14-7-5-8-15(14)13-17/h10-11,13,16,18H,3-9,12H2,1-2H3. The van der Waals surface area contributed by atoms with Crippen molar-refractivity contribution >= 4 is 10.8 Å². The summed E-state index contributed by atoms with van der Waals surface area (Å²) in [6.07, 6.45) is 6.93. The van der Waals surface area contributed by atoms with Gasteiger partial charge in [0.1, 0.15) is 0 Å². The second-order valence-electron chi connectivity index (χ2n) is 5.64. The first kappa shape index (κ1) is 15.7. The van der Waals surface area contributed by atoms with Gasteiger partial charge >= 0.3 is 0 Å². The minimum atomic E-state index is -0.826. The zero-order valence-corrected chi connectivity index (χ0v) is 13.6. The highest BCUT2D eigenvalue weighted by Crippen LogP contribution is 2.24. The van der Waals surface area contributed by atoms with Gasteiger partial charge in [0.2, 0.25) is 0 Å². The van der Waals surface area contributed by atoms with E-state index >= 15 is 0 Å². The zero-order chi connectivity index (χ0) is 14.4. The average molecular weight is 293 g/mol. The SMILES string of the molecule is CCNC(CC)CCCS(=O)c1ccc2c(c1)CCC2. The lowest BCUT2D eigenvalue weighted by molar-refractivity contribution is 0.476. The highest BCUT2D eigenvalue weighted by Gasteiger charge is 2.13. The molecule has 1 aliphatic rings. The van der Waals surface area contributed by atoms with Gasteiger partial charge in [0, 0.05) is 16.7 Å². The molecule has 2 nitrogen and oxygen atoms in total. The fourth-order valence-corrected chi connectivity index (χ4v) is 4.17. The molecule has 0 heterocycles. The van der Waals surface area contributed by atoms with E-state index in [1.807, 2.05) is 0 Å². The number of benzene rings is 1. The molecule has 0 aliphatic heterocycles. The van der Waals surface area contributed by atoms with Crippen LogP contribution in [0.5, 0.6) is 0 Å². The van der Waals surface area contributed by atoms with Gasteiger partial charge in [0.25, 0.3) is 0 Å². The molecule has 0 saturated carbocycles. The molecule has 2 unspecified atom stereocenters. The van der Waals surface area contributed by atoms with E-state index < -0.39 is 10.8 Å². The number of hydrogen-bond acceptors (Lipinski definition) is 2. The Morgan fingerprint density at radius 1 is 1.25 bits per heavy atom. The van der Waals surface area contributed by atoms with E-state index in [2.05, 4.69) is 37.4 Å². The summed E-state index contributed by atoms with van der Waals surface area (Å²) in [5.41, 5.74) is 2.89. The highest BCUT2D eigenvalue weighted by molar-refractivity contribution is 7.85. The highest BCUT2D eigenvalue weighted by atomic mass is 32.2. The van der Waals surface area contributed by atoms with Crippen molar-refractivity contribution in [2.75, 3.05) is 12.3 Å². The molecule has 0 bridgehead atoms. The summed E-state index contributed by atoms with van der Waals surface area (Å²) in [5.74, 6) is 0.792. The van der Waals surface area contributed by atoms with Crippen LogP contribution in [-0.4, -0.2) is 22.5 Å². The maximum absolute atomic E-state index is 12.4. The first-order valence-corrected chi connectivity index (χ1v) is 9.30. The molecule has 2 atom stereocenters. The average Bonchev–Trinajstić information content (AvgIpc) is 2.93. The Balaban J connectivity index is 1.83. The molecule has 1 aliphatic carbocycles. The van der Waals surface area contributed by atoms with Gasteiger partial charge in [0.05, 0.1) is 10.8 Å². The van der Waals surface area contributed by atoms with Gasteiger partial charge in [-0.25, -0.2) is 0 Å². The van der Waals surface area contributed by atoms with E-state index in [4.69, 9.17) is 0 Å². The second kappa shape index (κ2) is 7.94. The van der Waals surface area contributed by atoms with Crippen molar-refractivity contribution in [1.29, 1.82) is 0 Å².